The summed E-state index contributed by atoms with van der Waals surface area (Å²) in [5.74, 6) is 1.72. The zero-order valence-electron chi connectivity index (χ0n) is 26.0. The maximum Gasteiger partial charge on any atom is 0.151 e. The Morgan fingerprint density at radius 3 is 2.00 bits per heavy atom. The zero-order chi connectivity index (χ0) is 30.8. The van der Waals surface area contributed by atoms with Crippen LogP contribution in [0.5, 0.6) is 11.5 Å². The molecule has 0 radical (unpaired) electrons. The van der Waals surface area contributed by atoms with Crippen LogP contribution in [0.15, 0.2) is 157 Å². The molecule has 0 N–H and O–H groups in total. The van der Waals surface area contributed by atoms with Crippen LogP contribution in [0.2, 0.25) is 0 Å². The molecule has 2 heteroatoms. The molecule has 46 heavy (non-hydrogen) atoms. The van der Waals surface area contributed by atoms with E-state index in [2.05, 4.69) is 158 Å². The molecule has 9 rings (SSSR count). The van der Waals surface area contributed by atoms with Crippen molar-refractivity contribution in [1.82, 2.24) is 0 Å². The van der Waals surface area contributed by atoms with Gasteiger partial charge in [0, 0.05) is 5.56 Å². The fraction of sp³-hybridized carbons (Fsp3) is 0.0909. The van der Waals surface area contributed by atoms with Gasteiger partial charge >= 0.3 is 0 Å². The number of anilines is 3. The molecule has 2 aliphatic carbocycles. The quantitative estimate of drug-likeness (QED) is 0.202. The van der Waals surface area contributed by atoms with Gasteiger partial charge < -0.3 is 9.64 Å². The van der Waals surface area contributed by atoms with Gasteiger partial charge in [-0.05, 0) is 99.8 Å². The summed E-state index contributed by atoms with van der Waals surface area (Å²) in [7, 11) is 0. The first kappa shape index (κ1) is 26.8. The van der Waals surface area contributed by atoms with E-state index in [0.717, 1.165) is 35.0 Å². The van der Waals surface area contributed by atoms with E-state index in [0.29, 0.717) is 0 Å². The van der Waals surface area contributed by atoms with E-state index in [-0.39, 0.29) is 0 Å². The average Bonchev–Trinajstić information content (AvgIpc) is 3.55. The Balaban J connectivity index is 1.38. The Hall–Kier alpha value is -5.60. The Bertz CT molecular complexity index is 2200. The summed E-state index contributed by atoms with van der Waals surface area (Å²) in [4.78, 5) is 2.40. The number of ether oxygens (including phenoxy) is 1. The van der Waals surface area contributed by atoms with Crippen LogP contribution in [0.3, 0.4) is 0 Å². The highest BCUT2D eigenvalue weighted by molar-refractivity contribution is 6.02. The molecule has 1 unspecified atom stereocenters. The molecule has 0 saturated carbocycles. The molecule has 220 valence electrons. The highest BCUT2D eigenvalue weighted by Crippen LogP contribution is 2.65. The lowest BCUT2D eigenvalue weighted by Gasteiger charge is -2.35. The van der Waals surface area contributed by atoms with Crippen molar-refractivity contribution in [2.45, 2.75) is 25.7 Å². The molecule has 3 aliphatic rings. The lowest BCUT2D eigenvalue weighted by atomic mass is 9.69. The SMILES string of the molecule is CC/C=C\C1=C(C)c2ccc(-c3ccccc3)cc2C12c1ccccc1-c1c(N3c4ccccc4Oc4ccccc43)cccc12. The predicted molar refractivity (Wildman–Crippen MR) is 190 cm³/mol. The van der Waals surface area contributed by atoms with Crippen molar-refractivity contribution in [3.05, 3.63) is 180 Å². The van der Waals surface area contributed by atoms with E-state index in [1.807, 2.05) is 12.1 Å². The van der Waals surface area contributed by atoms with Gasteiger partial charge in [0.1, 0.15) is 0 Å². The van der Waals surface area contributed by atoms with Crippen molar-refractivity contribution in [3.63, 3.8) is 0 Å². The lowest BCUT2D eigenvalue weighted by Crippen LogP contribution is -2.27. The van der Waals surface area contributed by atoms with Gasteiger partial charge in [-0.2, -0.15) is 0 Å². The fourth-order valence-corrected chi connectivity index (χ4v) is 8.09. The molecule has 1 atom stereocenters. The summed E-state index contributed by atoms with van der Waals surface area (Å²) in [6.45, 7) is 4.53. The van der Waals surface area contributed by atoms with Crippen molar-refractivity contribution >= 4 is 22.6 Å². The molecule has 1 heterocycles. The first-order chi connectivity index (χ1) is 22.7. The Morgan fingerprint density at radius 2 is 1.24 bits per heavy atom. The summed E-state index contributed by atoms with van der Waals surface area (Å²) in [5, 5.41) is 0. The second-order valence-corrected chi connectivity index (χ2v) is 12.3. The maximum atomic E-state index is 6.43. The second-order valence-electron chi connectivity index (χ2n) is 12.3. The minimum Gasteiger partial charge on any atom is -0.453 e. The van der Waals surface area contributed by atoms with Crippen LogP contribution in [0.1, 0.15) is 42.5 Å². The normalized spacial score (nSPS) is 17.0. The number of rotatable bonds is 4. The third kappa shape index (κ3) is 3.59. The monoisotopic (exact) mass is 591 g/mol. The molecule has 0 fully saturated rings. The van der Waals surface area contributed by atoms with Crippen LogP contribution in [-0.4, -0.2) is 0 Å². The van der Waals surface area contributed by atoms with Crippen molar-refractivity contribution in [2.24, 2.45) is 0 Å². The molecule has 1 aliphatic heterocycles. The summed E-state index contributed by atoms with van der Waals surface area (Å²) in [6.07, 6.45) is 5.70. The zero-order valence-corrected chi connectivity index (χ0v) is 26.0. The smallest absolute Gasteiger partial charge is 0.151 e. The number of nitrogens with zero attached hydrogens (tertiary/aromatic N) is 1. The number of hydrogen-bond acceptors (Lipinski definition) is 2. The van der Waals surface area contributed by atoms with Crippen molar-refractivity contribution in [1.29, 1.82) is 0 Å². The van der Waals surface area contributed by atoms with Gasteiger partial charge in [-0.25, -0.2) is 0 Å². The molecule has 0 saturated heterocycles. The molecular weight excluding hydrogens is 558 g/mol. The van der Waals surface area contributed by atoms with Gasteiger partial charge in [-0.3, -0.25) is 0 Å². The number of hydrogen-bond donors (Lipinski definition) is 0. The van der Waals surface area contributed by atoms with Crippen LogP contribution >= 0.6 is 0 Å². The van der Waals surface area contributed by atoms with Gasteiger partial charge in [0.05, 0.1) is 22.5 Å². The molecule has 6 aromatic carbocycles. The van der Waals surface area contributed by atoms with Crippen LogP contribution < -0.4 is 9.64 Å². The topological polar surface area (TPSA) is 12.5 Å². The van der Waals surface area contributed by atoms with Crippen molar-refractivity contribution < 1.29 is 4.74 Å². The fourth-order valence-electron chi connectivity index (χ4n) is 8.09. The molecule has 0 amide bonds. The Kier molecular flexibility index (Phi) is 5.95. The molecular formula is C44H33NO. The minimum absolute atomic E-state index is 0.441. The Labute approximate surface area is 270 Å². The largest absolute Gasteiger partial charge is 0.453 e. The summed E-state index contributed by atoms with van der Waals surface area (Å²) >= 11 is 0. The third-order valence-corrected chi connectivity index (χ3v) is 9.98. The highest BCUT2D eigenvalue weighted by Gasteiger charge is 2.52. The van der Waals surface area contributed by atoms with E-state index >= 15 is 0 Å². The number of fused-ring (bicyclic) bond motifs is 9. The summed E-state index contributed by atoms with van der Waals surface area (Å²) in [6, 6.07) is 50.6. The minimum atomic E-state index is -0.441. The van der Waals surface area contributed by atoms with Crippen LogP contribution in [0, 0.1) is 0 Å². The van der Waals surface area contributed by atoms with E-state index in [1.165, 1.54) is 55.7 Å². The summed E-state index contributed by atoms with van der Waals surface area (Å²) in [5.41, 5.74) is 15.9. The highest BCUT2D eigenvalue weighted by atomic mass is 16.5. The lowest BCUT2D eigenvalue weighted by molar-refractivity contribution is 0.477. The van der Waals surface area contributed by atoms with E-state index in [1.54, 1.807) is 0 Å². The van der Waals surface area contributed by atoms with E-state index in [9.17, 15) is 0 Å². The van der Waals surface area contributed by atoms with E-state index < -0.39 is 5.41 Å². The Morgan fingerprint density at radius 1 is 0.587 bits per heavy atom. The van der Waals surface area contributed by atoms with Crippen LogP contribution in [0.4, 0.5) is 17.1 Å². The van der Waals surface area contributed by atoms with Gasteiger partial charge in [0.25, 0.3) is 0 Å². The first-order valence-corrected chi connectivity index (χ1v) is 16.2. The maximum absolute atomic E-state index is 6.43. The molecule has 6 aromatic rings. The molecule has 2 nitrogen and oxygen atoms in total. The molecule has 1 spiro atoms. The number of allylic oxidation sites excluding steroid dienone is 4. The standard InChI is InChI=1S/C44H33NO/c1-3-4-18-34-29(2)32-27-26-31(30-15-6-5-7-16-30)28-37(32)44(34)35-19-9-8-17-33(35)43-36(44)20-14-23-40(43)45-38-21-10-12-24-41(38)46-42-25-13-11-22-39(42)45/h4-28H,3H2,1-2H3/b18-4-. The molecule has 0 aromatic heterocycles. The van der Waals surface area contributed by atoms with Crippen molar-refractivity contribution in [3.8, 4) is 33.8 Å². The van der Waals surface area contributed by atoms with Gasteiger partial charge in [0.2, 0.25) is 0 Å². The van der Waals surface area contributed by atoms with Crippen molar-refractivity contribution in [2.75, 3.05) is 4.90 Å². The predicted octanol–water partition coefficient (Wildman–Crippen LogP) is 12.0. The number of para-hydroxylation sites is 4. The summed E-state index contributed by atoms with van der Waals surface area (Å²) < 4.78 is 6.43. The number of benzene rings is 6. The average molecular weight is 592 g/mol. The van der Waals surface area contributed by atoms with Gasteiger partial charge in [-0.1, -0.05) is 122 Å². The van der Waals surface area contributed by atoms with Crippen LogP contribution in [-0.2, 0) is 5.41 Å². The first-order valence-electron chi connectivity index (χ1n) is 16.2. The van der Waals surface area contributed by atoms with Crippen LogP contribution in [0.25, 0.3) is 27.8 Å². The van der Waals surface area contributed by atoms with Gasteiger partial charge in [-0.15, -0.1) is 0 Å². The third-order valence-electron chi connectivity index (χ3n) is 9.98. The van der Waals surface area contributed by atoms with E-state index in [4.69, 9.17) is 4.74 Å². The molecule has 0 bridgehead atoms. The second kappa shape index (κ2) is 10.2. The van der Waals surface area contributed by atoms with Gasteiger partial charge in [0.15, 0.2) is 11.5 Å².